The molecule has 0 fully saturated rings. The second-order valence-electron chi connectivity index (χ2n) is 17.2. The summed E-state index contributed by atoms with van der Waals surface area (Å²) >= 11 is 0. The van der Waals surface area contributed by atoms with Crippen molar-refractivity contribution in [2.75, 3.05) is 4.90 Å². The summed E-state index contributed by atoms with van der Waals surface area (Å²) in [6.45, 7) is 19.3. The molecular formula is C49H53N3+2. The number of anilines is 2. The third kappa shape index (κ3) is 4.70. The van der Waals surface area contributed by atoms with E-state index in [1.165, 1.54) is 61.8 Å². The molecule has 262 valence electrons. The van der Waals surface area contributed by atoms with Gasteiger partial charge in [-0.05, 0) is 96.3 Å². The van der Waals surface area contributed by atoms with Crippen molar-refractivity contribution in [3.05, 3.63) is 150 Å². The van der Waals surface area contributed by atoms with E-state index in [2.05, 4.69) is 171 Å². The molecule has 0 saturated carbocycles. The first-order valence-electron chi connectivity index (χ1n) is 19.7. The van der Waals surface area contributed by atoms with E-state index in [-0.39, 0.29) is 16.4 Å². The molecule has 4 aliphatic heterocycles. The van der Waals surface area contributed by atoms with Crippen LogP contribution in [0.15, 0.2) is 128 Å². The minimum Gasteiger partial charge on any atom is -0.314 e. The summed E-state index contributed by atoms with van der Waals surface area (Å²) in [5.41, 5.74) is 16.2. The van der Waals surface area contributed by atoms with Crippen molar-refractivity contribution < 1.29 is 9.13 Å². The minimum atomic E-state index is -0.232. The van der Waals surface area contributed by atoms with Gasteiger partial charge in [0, 0.05) is 65.2 Å². The molecule has 2 aromatic heterocycles. The van der Waals surface area contributed by atoms with Crippen molar-refractivity contribution in [2.45, 2.75) is 96.9 Å². The number of nitrogens with zero attached hydrogens (tertiary/aromatic N) is 3. The Bertz CT molecular complexity index is 2270. The normalized spacial score (nSPS) is 24.2. The summed E-state index contributed by atoms with van der Waals surface area (Å²) in [5, 5.41) is 0. The van der Waals surface area contributed by atoms with Gasteiger partial charge in [-0.3, -0.25) is 0 Å². The van der Waals surface area contributed by atoms with Crippen LogP contribution in [0, 0.1) is 11.3 Å². The lowest BCUT2D eigenvalue weighted by molar-refractivity contribution is -0.771. The Labute approximate surface area is 311 Å². The van der Waals surface area contributed by atoms with E-state index in [9.17, 15) is 0 Å². The Hall–Kier alpha value is -4.76. The highest BCUT2D eigenvalue weighted by Gasteiger charge is 2.63. The molecule has 52 heavy (non-hydrogen) atoms. The van der Waals surface area contributed by atoms with Crippen LogP contribution in [0.25, 0.3) is 28.2 Å². The second kappa shape index (κ2) is 11.9. The van der Waals surface area contributed by atoms with E-state index >= 15 is 0 Å². The number of hydrogen-bond donors (Lipinski definition) is 0. The van der Waals surface area contributed by atoms with Gasteiger partial charge in [0.2, 0.25) is 11.4 Å². The largest absolute Gasteiger partial charge is 0.314 e. The van der Waals surface area contributed by atoms with Gasteiger partial charge in [-0.15, -0.1) is 0 Å². The van der Waals surface area contributed by atoms with Crippen LogP contribution < -0.4 is 14.0 Å². The van der Waals surface area contributed by atoms with Crippen molar-refractivity contribution in [3.8, 4) is 22.5 Å². The molecule has 1 aliphatic carbocycles. The van der Waals surface area contributed by atoms with E-state index in [1.807, 2.05) is 0 Å². The molecule has 4 atom stereocenters. The van der Waals surface area contributed by atoms with Crippen molar-refractivity contribution in [3.63, 3.8) is 0 Å². The smallest absolute Gasteiger partial charge is 0.218 e. The predicted molar refractivity (Wildman–Crippen MR) is 214 cm³/mol. The van der Waals surface area contributed by atoms with E-state index in [4.69, 9.17) is 6.58 Å². The number of allylic oxidation sites excluding steroid dienone is 3. The summed E-state index contributed by atoms with van der Waals surface area (Å²) in [6, 6.07) is 37.0. The highest BCUT2D eigenvalue weighted by Crippen LogP contribution is 2.61. The third-order valence-corrected chi connectivity index (χ3v) is 13.3. The van der Waals surface area contributed by atoms with Crippen molar-refractivity contribution in [2.24, 2.45) is 11.3 Å². The molecule has 0 N–H and O–H groups in total. The average molecular weight is 684 g/mol. The van der Waals surface area contributed by atoms with Crippen molar-refractivity contribution in [1.82, 2.24) is 0 Å². The predicted octanol–water partition coefficient (Wildman–Crippen LogP) is 11.2. The summed E-state index contributed by atoms with van der Waals surface area (Å²) < 4.78 is 5.12. The fraction of sp³-hybridized carbons (Fsp3) is 0.347. The number of benzene rings is 3. The van der Waals surface area contributed by atoms with Gasteiger partial charge in [-0.25, -0.2) is 0 Å². The molecule has 3 nitrogen and oxygen atoms in total. The maximum Gasteiger partial charge on any atom is 0.218 e. The summed E-state index contributed by atoms with van der Waals surface area (Å²) in [5.74, 6) is 0.939. The van der Waals surface area contributed by atoms with Gasteiger partial charge in [0.15, 0.2) is 23.6 Å². The lowest BCUT2D eigenvalue weighted by Gasteiger charge is -2.52. The van der Waals surface area contributed by atoms with Crippen LogP contribution >= 0.6 is 0 Å². The van der Waals surface area contributed by atoms with E-state index < -0.39 is 0 Å². The topological polar surface area (TPSA) is 11.0 Å². The zero-order valence-electron chi connectivity index (χ0n) is 31.9. The van der Waals surface area contributed by atoms with Crippen LogP contribution in [-0.4, -0.2) is 0 Å². The molecule has 0 spiro atoms. The molecule has 0 amide bonds. The monoisotopic (exact) mass is 683 g/mol. The molecule has 5 aromatic rings. The molecule has 5 aliphatic rings. The van der Waals surface area contributed by atoms with Gasteiger partial charge >= 0.3 is 0 Å². The number of para-hydroxylation sites is 1. The van der Waals surface area contributed by atoms with Crippen LogP contribution in [0.3, 0.4) is 0 Å². The van der Waals surface area contributed by atoms with E-state index in [1.54, 1.807) is 0 Å². The number of aryl methyl sites for hydroxylation is 1. The van der Waals surface area contributed by atoms with Crippen LogP contribution in [0.2, 0.25) is 0 Å². The lowest BCUT2D eigenvalue weighted by Crippen LogP contribution is -2.70. The fourth-order valence-electron chi connectivity index (χ4n) is 10.8. The number of pyridine rings is 2. The van der Waals surface area contributed by atoms with E-state index in [0.29, 0.717) is 11.8 Å². The zero-order chi connectivity index (χ0) is 36.0. The van der Waals surface area contributed by atoms with Crippen LogP contribution in [0.1, 0.15) is 95.4 Å². The maximum absolute atomic E-state index is 4.93. The Morgan fingerprint density at radius 2 is 1.60 bits per heavy atom. The van der Waals surface area contributed by atoms with Crippen LogP contribution in [0.4, 0.5) is 11.4 Å². The number of hydrogen-bond acceptors (Lipinski definition) is 1. The van der Waals surface area contributed by atoms with Gasteiger partial charge < -0.3 is 4.90 Å². The molecule has 10 rings (SSSR count). The second-order valence-corrected chi connectivity index (χ2v) is 17.2. The standard InChI is InChI=1S/C49H53N3/c1-8-48-24-22-36-17-13-14-20-38(36)43-21-15-16-25-50(43)33(3)31-49(48,9-2)51-26-23-35(32-47(5,6)7)27-45(51)41-28-40-39-29-44(34(39)4)52(46(40)30-42(41)48)37-18-11-10-12-19-37/h10-21,23,25-30,34,39H,3,8-9,22,24,31-32H2,1-2,4-7H3/q+2/t34-,39?,48?,49?/m1/s1. The van der Waals surface area contributed by atoms with Gasteiger partial charge in [-0.2, -0.15) is 9.13 Å². The molecule has 0 radical (unpaired) electrons. The molecule has 2 bridgehead atoms. The number of fused-ring (bicyclic) bond motifs is 9. The summed E-state index contributed by atoms with van der Waals surface area (Å²) in [6.07, 6.45) is 13.2. The highest BCUT2D eigenvalue weighted by molar-refractivity contribution is 5.83. The van der Waals surface area contributed by atoms with Gasteiger partial charge in [0.25, 0.3) is 0 Å². The Morgan fingerprint density at radius 3 is 2.35 bits per heavy atom. The Balaban J connectivity index is 1.35. The molecule has 3 aromatic carbocycles. The van der Waals surface area contributed by atoms with E-state index in [0.717, 1.165) is 44.2 Å². The summed E-state index contributed by atoms with van der Waals surface area (Å²) in [4.78, 5) is 2.58. The Morgan fingerprint density at radius 1 is 0.827 bits per heavy atom. The van der Waals surface area contributed by atoms with Crippen molar-refractivity contribution >= 4 is 17.1 Å². The molecule has 0 saturated heterocycles. The molecule has 3 heteroatoms. The van der Waals surface area contributed by atoms with Crippen LogP contribution in [0.5, 0.6) is 0 Å². The fourth-order valence-corrected chi connectivity index (χ4v) is 10.8. The molecule has 3 unspecified atom stereocenters. The summed E-state index contributed by atoms with van der Waals surface area (Å²) in [7, 11) is 0. The molecule has 6 heterocycles. The first-order valence-corrected chi connectivity index (χ1v) is 19.7. The molecular weight excluding hydrogens is 631 g/mol. The lowest BCUT2D eigenvalue weighted by atomic mass is 9.54. The van der Waals surface area contributed by atoms with Crippen LogP contribution in [-0.2, 0) is 23.8 Å². The number of rotatable bonds is 4. The quantitative estimate of drug-likeness (QED) is 0.172. The first-order chi connectivity index (χ1) is 25.1. The maximum atomic E-state index is 4.93. The third-order valence-electron chi connectivity index (χ3n) is 13.3. The van der Waals surface area contributed by atoms with Gasteiger partial charge in [-0.1, -0.05) is 84.0 Å². The van der Waals surface area contributed by atoms with Gasteiger partial charge in [0.05, 0.1) is 17.4 Å². The minimum absolute atomic E-state index is 0.151. The Kier molecular flexibility index (Phi) is 7.56. The average Bonchev–Trinajstić information content (AvgIpc) is 3.16. The zero-order valence-corrected chi connectivity index (χ0v) is 31.9. The highest BCUT2D eigenvalue weighted by atomic mass is 15.2. The SMILES string of the molecule is C=C1CC2(CC)[n+]3ccc(CC(C)(C)C)cc3-c3cc4c(cc3C2(CC)CCc2ccccc2-c2cccc[n+]21)N(c1ccccc1)C1=CC4[C@H]1C. The first kappa shape index (κ1) is 33.1. The van der Waals surface area contributed by atoms with Gasteiger partial charge in [0.1, 0.15) is 0 Å². The number of aromatic nitrogens is 2. The van der Waals surface area contributed by atoms with Crippen molar-refractivity contribution in [1.29, 1.82) is 0 Å².